The molecule has 1 saturated heterocycles. The lowest BCUT2D eigenvalue weighted by atomic mass is 10.1. The molecule has 0 spiro atoms. The van der Waals surface area contributed by atoms with Gasteiger partial charge in [-0.2, -0.15) is 0 Å². The molecule has 0 saturated carbocycles. The smallest absolute Gasteiger partial charge is 0.274 e. The molecule has 126 valence electrons. The lowest BCUT2D eigenvalue weighted by Crippen LogP contribution is -2.44. The number of aromatic nitrogens is 2. The fourth-order valence-electron chi connectivity index (χ4n) is 2.87. The van der Waals surface area contributed by atoms with Crippen LogP contribution in [0.25, 0.3) is 0 Å². The van der Waals surface area contributed by atoms with Crippen molar-refractivity contribution in [3.05, 3.63) is 47.4 Å². The summed E-state index contributed by atoms with van der Waals surface area (Å²) in [7, 11) is 2.11. The average Bonchev–Trinajstić information content (AvgIpc) is 2.59. The molecular weight excluding hydrogens is 302 g/mol. The van der Waals surface area contributed by atoms with Crippen LogP contribution in [0.3, 0.4) is 0 Å². The van der Waals surface area contributed by atoms with Gasteiger partial charge in [0.25, 0.3) is 5.91 Å². The van der Waals surface area contributed by atoms with Crippen molar-refractivity contribution in [1.82, 2.24) is 14.9 Å². The number of aryl methyl sites for hydroxylation is 2. The van der Waals surface area contributed by atoms with E-state index in [9.17, 15) is 4.79 Å². The van der Waals surface area contributed by atoms with E-state index in [2.05, 4.69) is 32.1 Å². The van der Waals surface area contributed by atoms with Crippen LogP contribution < -0.4 is 10.2 Å². The summed E-state index contributed by atoms with van der Waals surface area (Å²) >= 11 is 0. The molecule has 1 aromatic heterocycles. The molecule has 2 heterocycles. The zero-order valence-corrected chi connectivity index (χ0v) is 14.4. The number of carbonyl (C=O) groups is 1. The first-order valence-electron chi connectivity index (χ1n) is 8.17. The van der Waals surface area contributed by atoms with Crippen LogP contribution in [-0.4, -0.2) is 54.0 Å². The highest BCUT2D eigenvalue weighted by atomic mass is 16.1. The second kappa shape index (κ2) is 6.97. The van der Waals surface area contributed by atoms with Crippen molar-refractivity contribution in [3.63, 3.8) is 0 Å². The van der Waals surface area contributed by atoms with Crippen molar-refractivity contribution in [2.24, 2.45) is 0 Å². The van der Waals surface area contributed by atoms with E-state index < -0.39 is 0 Å². The molecule has 0 bridgehead atoms. The minimum absolute atomic E-state index is 0.204. The molecule has 1 N–H and O–H groups in total. The molecule has 0 unspecified atom stereocenters. The summed E-state index contributed by atoms with van der Waals surface area (Å²) in [6.45, 7) is 7.77. The highest BCUT2D eigenvalue weighted by Gasteiger charge is 2.18. The van der Waals surface area contributed by atoms with Crippen molar-refractivity contribution in [3.8, 4) is 0 Å². The summed E-state index contributed by atoms with van der Waals surface area (Å²) in [5.41, 5.74) is 3.32. The zero-order valence-electron chi connectivity index (χ0n) is 14.4. The zero-order chi connectivity index (χ0) is 17.1. The topological polar surface area (TPSA) is 61.4 Å². The molecule has 24 heavy (non-hydrogen) atoms. The lowest BCUT2D eigenvalue weighted by Gasteiger charge is -2.33. The number of hydrogen-bond acceptors (Lipinski definition) is 5. The van der Waals surface area contributed by atoms with E-state index in [1.54, 1.807) is 6.07 Å². The van der Waals surface area contributed by atoms with Crippen LogP contribution in [0.1, 0.15) is 21.6 Å². The summed E-state index contributed by atoms with van der Waals surface area (Å²) in [6.07, 6.45) is 1.47. The second-order valence-electron chi connectivity index (χ2n) is 6.27. The molecule has 0 radical (unpaired) electrons. The first-order chi connectivity index (χ1) is 11.5. The normalized spacial score (nSPS) is 15.4. The number of amides is 1. The van der Waals surface area contributed by atoms with E-state index >= 15 is 0 Å². The second-order valence-corrected chi connectivity index (χ2v) is 6.27. The van der Waals surface area contributed by atoms with Crippen LogP contribution in [0.15, 0.2) is 30.6 Å². The predicted molar refractivity (Wildman–Crippen MR) is 95.6 cm³/mol. The SMILES string of the molecule is Cc1cccc(C)c1NC(=O)c1cc(N2CCN(C)CC2)ncn1. The van der Waals surface area contributed by atoms with Crippen molar-refractivity contribution >= 4 is 17.4 Å². The Morgan fingerprint density at radius 2 is 1.75 bits per heavy atom. The molecular formula is C18H23N5O. The molecule has 1 aliphatic heterocycles. The fourth-order valence-corrected chi connectivity index (χ4v) is 2.87. The monoisotopic (exact) mass is 325 g/mol. The highest BCUT2D eigenvalue weighted by Crippen LogP contribution is 2.21. The molecule has 0 aliphatic carbocycles. The number of nitrogens with zero attached hydrogens (tertiary/aromatic N) is 4. The minimum Gasteiger partial charge on any atom is -0.354 e. The number of piperazine rings is 1. The summed E-state index contributed by atoms with van der Waals surface area (Å²) in [5, 5.41) is 2.98. The van der Waals surface area contributed by atoms with E-state index in [0.717, 1.165) is 48.8 Å². The van der Waals surface area contributed by atoms with E-state index in [-0.39, 0.29) is 5.91 Å². The molecule has 2 aromatic rings. The molecule has 1 amide bonds. The maximum absolute atomic E-state index is 12.6. The Kier molecular flexibility index (Phi) is 4.76. The number of likely N-dealkylation sites (N-methyl/N-ethyl adjacent to an activating group) is 1. The number of para-hydroxylation sites is 1. The molecule has 1 fully saturated rings. The third kappa shape index (κ3) is 3.54. The van der Waals surface area contributed by atoms with Crippen LogP contribution in [0, 0.1) is 13.8 Å². The summed E-state index contributed by atoms with van der Waals surface area (Å²) in [6, 6.07) is 7.72. The maximum atomic E-state index is 12.6. The van der Waals surface area contributed by atoms with Gasteiger partial charge in [0.15, 0.2) is 0 Å². The predicted octanol–water partition coefficient (Wildman–Crippen LogP) is 2.10. The Morgan fingerprint density at radius 3 is 2.42 bits per heavy atom. The van der Waals surface area contributed by atoms with Crippen molar-refractivity contribution < 1.29 is 4.79 Å². The largest absolute Gasteiger partial charge is 0.354 e. The first kappa shape index (κ1) is 16.4. The van der Waals surface area contributed by atoms with Gasteiger partial charge in [-0.25, -0.2) is 9.97 Å². The number of anilines is 2. The van der Waals surface area contributed by atoms with Gasteiger partial charge in [0, 0.05) is 37.9 Å². The highest BCUT2D eigenvalue weighted by molar-refractivity contribution is 6.04. The first-order valence-corrected chi connectivity index (χ1v) is 8.17. The number of hydrogen-bond donors (Lipinski definition) is 1. The van der Waals surface area contributed by atoms with E-state index in [1.165, 1.54) is 6.33 Å². The maximum Gasteiger partial charge on any atom is 0.274 e. The van der Waals surface area contributed by atoms with Crippen LogP contribution in [0.4, 0.5) is 11.5 Å². The average molecular weight is 325 g/mol. The lowest BCUT2D eigenvalue weighted by molar-refractivity contribution is 0.102. The van der Waals surface area contributed by atoms with E-state index in [0.29, 0.717) is 5.69 Å². The van der Waals surface area contributed by atoms with Crippen LogP contribution in [0.2, 0.25) is 0 Å². The standard InChI is InChI=1S/C18H23N5O/c1-13-5-4-6-14(2)17(13)21-18(24)15-11-16(20-12-19-15)23-9-7-22(3)8-10-23/h4-6,11-12H,7-10H2,1-3H3,(H,21,24). The van der Waals surface area contributed by atoms with Crippen molar-refractivity contribution in [2.75, 3.05) is 43.4 Å². The Morgan fingerprint density at radius 1 is 1.08 bits per heavy atom. The molecule has 6 heteroatoms. The van der Waals surface area contributed by atoms with Crippen molar-refractivity contribution in [1.29, 1.82) is 0 Å². The van der Waals surface area contributed by atoms with Gasteiger partial charge in [-0.3, -0.25) is 4.79 Å². The summed E-state index contributed by atoms with van der Waals surface area (Å²) in [5.74, 6) is 0.606. The molecule has 6 nitrogen and oxygen atoms in total. The molecule has 1 aromatic carbocycles. The Labute approximate surface area is 142 Å². The van der Waals surface area contributed by atoms with Gasteiger partial charge in [-0.05, 0) is 32.0 Å². The van der Waals surface area contributed by atoms with Gasteiger partial charge in [0.2, 0.25) is 0 Å². The van der Waals surface area contributed by atoms with E-state index in [4.69, 9.17) is 0 Å². The minimum atomic E-state index is -0.204. The number of benzene rings is 1. The van der Waals surface area contributed by atoms with Crippen LogP contribution >= 0.6 is 0 Å². The van der Waals surface area contributed by atoms with Gasteiger partial charge in [-0.1, -0.05) is 18.2 Å². The quantitative estimate of drug-likeness (QED) is 0.936. The van der Waals surface area contributed by atoms with E-state index in [1.807, 2.05) is 32.0 Å². The van der Waals surface area contributed by atoms with Gasteiger partial charge in [0.05, 0.1) is 0 Å². The molecule has 3 rings (SSSR count). The third-order valence-electron chi connectivity index (χ3n) is 4.43. The third-order valence-corrected chi connectivity index (χ3v) is 4.43. The Bertz CT molecular complexity index is 718. The molecule has 0 atom stereocenters. The van der Waals surface area contributed by atoms with Crippen LogP contribution in [0.5, 0.6) is 0 Å². The number of rotatable bonds is 3. The van der Waals surface area contributed by atoms with Gasteiger partial charge < -0.3 is 15.1 Å². The van der Waals surface area contributed by atoms with Crippen molar-refractivity contribution in [2.45, 2.75) is 13.8 Å². The Hall–Kier alpha value is -2.47. The fraction of sp³-hybridized carbons (Fsp3) is 0.389. The molecule has 1 aliphatic rings. The van der Waals surface area contributed by atoms with Gasteiger partial charge in [0.1, 0.15) is 17.8 Å². The van der Waals surface area contributed by atoms with Gasteiger partial charge >= 0.3 is 0 Å². The summed E-state index contributed by atoms with van der Waals surface area (Å²) in [4.78, 5) is 25.5. The number of carbonyl (C=O) groups excluding carboxylic acids is 1. The van der Waals surface area contributed by atoms with Crippen LogP contribution in [-0.2, 0) is 0 Å². The number of nitrogens with one attached hydrogen (secondary N) is 1. The van der Waals surface area contributed by atoms with Gasteiger partial charge in [-0.15, -0.1) is 0 Å². The Balaban J connectivity index is 1.77. The summed E-state index contributed by atoms with van der Waals surface area (Å²) < 4.78 is 0.